The fourth-order valence-corrected chi connectivity index (χ4v) is 11.7. The molecule has 17 atom stereocenters. The second-order valence-electron chi connectivity index (χ2n) is 24.6. The van der Waals surface area contributed by atoms with Crippen molar-refractivity contribution >= 4 is 5.91 Å². The molecule has 3 saturated heterocycles. The molecule has 0 radical (unpaired) electrons. The van der Waals surface area contributed by atoms with E-state index in [4.69, 9.17) is 28.4 Å². The van der Waals surface area contributed by atoms with E-state index in [0.717, 1.165) is 38.5 Å². The van der Waals surface area contributed by atoms with Crippen LogP contribution >= 0.6 is 0 Å². The highest BCUT2D eigenvalue weighted by atomic mass is 16.8. The van der Waals surface area contributed by atoms with Gasteiger partial charge in [-0.05, 0) is 32.1 Å². The summed E-state index contributed by atoms with van der Waals surface area (Å²) in [5, 5.41) is 120. The van der Waals surface area contributed by atoms with E-state index >= 15 is 0 Å². The Bertz CT molecular complexity index is 1640. The van der Waals surface area contributed by atoms with Gasteiger partial charge in [0, 0.05) is 6.42 Å². The topological polar surface area (TPSA) is 307 Å². The number of nitrogens with one attached hydrogen (secondary N) is 1. The van der Waals surface area contributed by atoms with Gasteiger partial charge in [0.15, 0.2) is 18.9 Å². The highest BCUT2D eigenvalue weighted by Crippen LogP contribution is 2.33. The van der Waals surface area contributed by atoms with E-state index in [-0.39, 0.29) is 18.9 Å². The molecule has 0 bridgehead atoms. The Labute approximate surface area is 511 Å². The van der Waals surface area contributed by atoms with Crippen molar-refractivity contribution in [3.8, 4) is 0 Å². The summed E-state index contributed by atoms with van der Waals surface area (Å²) in [7, 11) is 0. The van der Waals surface area contributed by atoms with Crippen LogP contribution in [0.5, 0.6) is 0 Å². The zero-order valence-electron chi connectivity index (χ0n) is 52.6. The number of rotatable bonds is 52. The smallest absolute Gasteiger partial charge is 0.220 e. The van der Waals surface area contributed by atoms with Crippen molar-refractivity contribution in [2.45, 2.75) is 362 Å². The molecule has 3 heterocycles. The van der Waals surface area contributed by atoms with Gasteiger partial charge in [0.2, 0.25) is 5.91 Å². The molecule has 19 heteroatoms. The molecule has 19 nitrogen and oxygen atoms in total. The Kier molecular flexibility index (Phi) is 44.7. The number of carbonyl (C=O) groups excluding carboxylic acids is 1. The summed E-state index contributed by atoms with van der Waals surface area (Å²) in [6, 6.07) is -0.985. The SMILES string of the molecule is CCCCCCCCCCCCCCCCCCCCCCCCCC/C=C/CC/C=C/C(O)C(COC1OC(CO)C(OC2OC(CO)C(OC3OC(CO)C(O)C(O)C3O)C(O)C2O)C(O)C1O)NC(=O)CCCCCCCCCCCC. The van der Waals surface area contributed by atoms with Crippen LogP contribution in [0.25, 0.3) is 0 Å². The van der Waals surface area contributed by atoms with Gasteiger partial charge in [-0.15, -0.1) is 0 Å². The molecule has 3 aliphatic rings. The summed E-state index contributed by atoms with van der Waals surface area (Å²) in [5.41, 5.74) is 0. The van der Waals surface area contributed by atoms with E-state index in [1.165, 1.54) is 186 Å². The Morgan fingerprint density at radius 3 is 1.18 bits per heavy atom. The van der Waals surface area contributed by atoms with Crippen molar-refractivity contribution in [2.24, 2.45) is 0 Å². The van der Waals surface area contributed by atoms with E-state index in [9.17, 15) is 61.0 Å². The predicted octanol–water partition coefficient (Wildman–Crippen LogP) is 8.27. The normalized spacial score (nSPS) is 29.1. The Morgan fingerprint density at radius 1 is 0.412 bits per heavy atom. The first-order valence-corrected chi connectivity index (χ1v) is 34.1. The monoisotopic (exact) mass is 1220 g/mol. The molecule has 3 aliphatic heterocycles. The summed E-state index contributed by atoms with van der Waals surface area (Å²) >= 11 is 0. The summed E-state index contributed by atoms with van der Waals surface area (Å²) in [6.07, 6.45) is 27.7. The lowest BCUT2D eigenvalue weighted by atomic mass is 9.96. The first kappa shape index (κ1) is 77.5. The van der Waals surface area contributed by atoms with Crippen LogP contribution in [0.3, 0.4) is 0 Å². The van der Waals surface area contributed by atoms with Crippen LogP contribution in [0.4, 0.5) is 0 Å². The predicted molar refractivity (Wildman–Crippen MR) is 328 cm³/mol. The first-order valence-electron chi connectivity index (χ1n) is 34.1. The molecule has 3 rings (SSSR count). The average Bonchev–Trinajstić information content (AvgIpc) is 2.67. The van der Waals surface area contributed by atoms with Crippen LogP contribution in [0.2, 0.25) is 0 Å². The molecule has 0 aromatic heterocycles. The summed E-state index contributed by atoms with van der Waals surface area (Å²) < 4.78 is 34.2. The minimum absolute atomic E-state index is 0.238. The summed E-state index contributed by atoms with van der Waals surface area (Å²) in [5.74, 6) is -0.286. The van der Waals surface area contributed by atoms with Gasteiger partial charge in [0.1, 0.15) is 73.2 Å². The molecule has 0 aromatic rings. The van der Waals surface area contributed by atoms with Crippen molar-refractivity contribution in [2.75, 3.05) is 26.4 Å². The Hall–Kier alpha value is -1.73. The largest absolute Gasteiger partial charge is 0.394 e. The number of carbonyl (C=O) groups is 1. The zero-order valence-corrected chi connectivity index (χ0v) is 52.6. The van der Waals surface area contributed by atoms with Crippen LogP contribution in [0.15, 0.2) is 24.3 Å². The van der Waals surface area contributed by atoms with Gasteiger partial charge in [-0.3, -0.25) is 4.79 Å². The van der Waals surface area contributed by atoms with Gasteiger partial charge in [-0.25, -0.2) is 0 Å². The quantitative estimate of drug-likeness (QED) is 0.0201. The molecule has 0 saturated carbocycles. The average molecular weight is 1220 g/mol. The number of amides is 1. The van der Waals surface area contributed by atoms with Crippen LogP contribution in [0.1, 0.15) is 258 Å². The molecule has 12 N–H and O–H groups in total. The molecule has 17 unspecified atom stereocenters. The number of ether oxygens (including phenoxy) is 6. The van der Waals surface area contributed by atoms with E-state index < -0.39 is 124 Å². The van der Waals surface area contributed by atoms with Gasteiger partial charge >= 0.3 is 0 Å². The third kappa shape index (κ3) is 31.7. The second-order valence-corrected chi connectivity index (χ2v) is 24.6. The van der Waals surface area contributed by atoms with Crippen LogP contribution in [-0.2, 0) is 33.2 Å². The number of unbranched alkanes of at least 4 members (excludes halogenated alkanes) is 34. The highest BCUT2D eigenvalue weighted by molar-refractivity contribution is 5.76. The van der Waals surface area contributed by atoms with Gasteiger partial charge < -0.3 is 89.9 Å². The lowest BCUT2D eigenvalue weighted by Crippen LogP contribution is -2.66. The highest BCUT2D eigenvalue weighted by Gasteiger charge is 2.53. The molecule has 0 aliphatic carbocycles. The van der Waals surface area contributed by atoms with Crippen LogP contribution < -0.4 is 5.32 Å². The van der Waals surface area contributed by atoms with Crippen molar-refractivity contribution < 1.29 is 89.4 Å². The molecular weight excluding hydrogens is 1090 g/mol. The van der Waals surface area contributed by atoms with Crippen LogP contribution in [-0.4, -0.2) is 193 Å². The number of aliphatic hydroxyl groups excluding tert-OH is 11. The number of hydrogen-bond acceptors (Lipinski definition) is 18. The zero-order chi connectivity index (χ0) is 61.9. The van der Waals surface area contributed by atoms with Crippen LogP contribution in [0, 0.1) is 0 Å². The molecular formula is C66H123NO18. The summed E-state index contributed by atoms with van der Waals surface area (Å²) in [6.45, 7) is 1.70. The van der Waals surface area contributed by atoms with E-state index in [0.29, 0.717) is 12.8 Å². The molecule has 0 spiro atoms. The molecule has 3 fully saturated rings. The van der Waals surface area contributed by atoms with Crippen molar-refractivity contribution in [1.82, 2.24) is 5.32 Å². The maximum atomic E-state index is 13.3. The van der Waals surface area contributed by atoms with Gasteiger partial charge in [0.25, 0.3) is 0 Å². The number of hydrogen-bond donors (Lipinski definition) is 12. The molecule has 85 heavy (non-hydrogen) atoms. The maximum Gasteiger partial charge on any atom is 0.220 e. The minimum Gasteiger partial charge on any atom is -0.394 e. The Balaban J connectivity index is 1.39. The summed E-state index contributed by atoms with van der Waals surface area (Å²) in [4.78, 5) is 13.3. The third-order valence-corrected chi connectivity index (χ3v) is 17.3. The minimum atomic E-state index is -1.98. The number of aliphatic hydroxyl groups is 11. The van der Waals surface area contributed by atoms with Crippen molar-refractivity contribution in [3.05, 3.63) is 24.3 Å². The maximum absolute atomic E-state index is 13.3. The lowest BCUT2D eigenvalue weighted by molar-refractivity contribution is -0.379. The fraction of sp³-hybridized carbons (Fsp3) is 0.924. The first-order chi connectivity index (χ1) is 41.3. The van der Waals surface area contributed by atoms with Gasteiger partial charge in [-0.2, -0.15) is 0 Å². The van der Waals surface area contributed by atoms with E-state index in [2.05, 4.69) is 31.3 Å². The van der Waals surface area contributed by atoms with Crippen molar-refractivity contribution in [3.63, 3.8) is 0 Å². The number of allylic oxidation sites excluding steroid dienone is 3. The van der Waals surface area contributed by atoms with E-state index in [1.807, 2.05) is 6.08 Å². The molecule has 500 valence electrons. The molecule has 1 amide bonds. The van der Waals surface area contributed by atoms with Gasteiger partial charge in [0.05, 0.1) is 38.6 Å². The van der Waals surface area contributed by atoms with E-state index in [1.54, 1.807) is 6.08 Å². The van der Waals surface area contributed by atoms with Gasteiger partial charge in [-0.1, -0.05) is 244 Å². The van der Waals surface area contributed by atoms with Crippen molar-refractivity contribution in [1.29, 1.82) is 0 Å². The third-order valence-electron chi connectivity index (χ3n) is 17.3. The second kappa shape index (κ2) is 49.0. The fourth-order valence-electron chi connectivity index (χ4n) is 11.7. The Morgan fingerprint density at radius 2 is 0.753 bits per heavy atom. The molecule has 0 aromatic carbocycles. The lowest BCUT2D eigenvalue weighted by Gasteiger charge is -2.48. The standard InChI is InChI=1S/C66H123NO18/c1-3-5-7-9-11-13-15-16-17-18-19-20-21-22-23-24-25-26-27-28-29-30-31-32-33-34-35-37-39-41-43-50(71)49(67-54(72)44-42-40-38-36-14-12-10-8-6-4-2)48-80-64-60(78)57(75)62(52(46-69)82-64)85-66-61(79)58(76)63(53(47-70)83-66)84-65-59(77)56(74)55(73)51(45-68)81-65/h34-35,41,43,49-53,55-66,68-71,73-79H,3-33,36-40,42,44-48H2,1-2H3,(H,67,72)/b35-34+,43-41+.